The van der Waals surface area contributed by atoms with Crippen molar-refractivity contribution in [3.8, 4) is 10.4 Å². The first-order valence-electron chi connectivity index (χ1n) is 11.7. The average molecular weight is 510 g/mol. The minimum Gasteiger partial charge on any atom is -0.369 e. The molecule has 0 radical (unpaired) electrons. The molecule has 4 rings (SSSR count). The minimum absolute atomic E-state index is 0.401. The zero-order chi connectivity index (χ0) is 25.0. The minimum atomic E-state index is -5.02. The Morgan fingerprint density at radius 3 is 2.34 bits per heavy atom. The SMILES string of the molecule is CN1CCC(N(CC(=O)Nc2ccc(-c3ccc(N4CCNCC4)cc3)s2)C(=O)C(F)(F)F)CC1. The molecule has 0 saturated carbocycles. The van der Waals surface area contributed by atoms with Crippen molar-refractivity contribution < 1.29 is 22.8 Å². The molecular formula is C24H30F3N5O2S. The zero-order valence-electron chi connectivity index (χ0n) is 19.6. The number of likely N-dealkylation sites (tertiary alicyclic amines) is 1. The first kappa shape index (κ1) is 25.5. The Hall–Kier alpha value is -2.63. The summed E-state index contributed by atoms with van der Waals surface area (Å²) in [5.74, 6) is -2.59. The maximum atomic E-state index is 13.2. The molecule has 11 heteroatoms. The van der Waals surface area contributed by atoms with Crippen LogP contribution in [0.3, 0.4) is 0 Å². The fraction of sp³-hybridized carbons (Fsp3) is 0.500. The highest BCUT2D eigenvalue weighted by Gasteiger charge is 2.45. The van der Waals surface area contributed by atoms with E-state index in [-0.39, 0.29) is 0 Å². The van der Waals surface area contributed by atoms with Gasteiger partial charge in [-0.3, -0.25) is 9.59 Å². The van der Waals surface area contributed by atoms with Crippen LogP contribution < -0.4 is 15.5 Å². The molecule has 2 aromatic rings. The van der Waals surface area contributed by atoms with E-state index in [1.807, 2.05) is 30.1 Å². The van der Waals surface area contributed by atoms with E-state index in [1.165, 1.54) is 11.3 Å². The van der Waals surface area contributed by atoms with Crippen LogP contribution in [-0.2, 0) is 9.59 Å². The van der Waals surface area contributed by atoms with E-state index in [0.29, 0.717) is 35.8 Å². The number of nitrogens with one attached hydrogen (secondary N) is 2. The molecule has 0 aliphatic carbocycles. The molecule has 190 valence electrons. The number of hydrogen-bond acceptors (Lipinski definition) is 6. The van der Waals surface area contributed by atoms with E-state index in [4.69, 9.17) is 0 Å². The predicted octanol–water partition coefficient (Wildman–Crippen LogP) is 3.25. The van der Waals surface area contributed by atoms with Crippen molar-refractivity contribution in [3.05, 3.63) is 36.4 Å². The van der Waals surface area contributed by atoms with Gasteiger partial charge >= 0.3 is 12.1 Å². The summed E-state index contributed by atoms with van der Waals surface area (Å²) >= 11 is 1.34. The number of piperazine rings is 1. The molecule has 3 heterocycles. The van der Waals surface area contributed by atoms with Crippen molar-refractivity contribution in [2.45, 2.75) is 25.1 Å². The van der Waals surface area contributed by atoms with Gasteiger partial charge in [-0.25, -0.2) is 0 Å². The summed E-state index contributed by atoms with van der Waals surface area (Å²) in [6.45, 7) is 4.36. The monoisotopic (exact) mass is 509 g/mol. The number of anilines is 2. The molecule has 0 unspecified atom stereocenters. The smallest absolute Gasteiger partial charge is 0.369 e. The number of amides is 2. The number of benzene rings is 1. The highest BCUT2D eigenvalue weighted by molar-refractivity contribution is 7.19. The fourth-order valence-electron chi connectivity index (χ4n) is 4.49. The molecule has 0 spiro atoms. The van der Waals surface area contributed by atoms with E-state index in [9.17, 15) is 22.8 Å². The summed E-state index contributed by atoms with van der Waals surface area (Å²) < 4.78 is 39.6. The van der Waals surface area contributed by atoms with Crippen LogP contribution in [0, 0.1) is 0 Å². The molecule has 2 fully saturated rings. The van der Waals surface area contributed by atoms with E-state index in [0.717, 1.165) is 42.3 Å². The van der Waals surface area contributed by atoms with Gasteiger partial charge in [0.05, 0.1) is 5.00 Å². The summed E-state index contributed by atoms with van der Waals surface area (Å²) in [6, 6.07) is 11.2. The van der Waals surface area contributed by atoms with Crippen molar-refractivity contribution >= 4 is 33.8 Å². The van der Waals surface area contributed by atoms with Crippen LogP contribution in [0.1, 0.15) is 12.8 Å². The molecule has 2 aliphatic heterocycles. The second kappa shape index (κ2) is 11.0. The van der Waals surface area contributed by atoms with Crippen LogP contribution in [0.2, 0.25) is 0 Å². The van der Waals surface area contributed by atoms with Crippen LogP contribution in [0.4, 0.5) is 23.9 Å². The van der Waals surface area contributed by atoms with E-state index >= 15 is 0 Å². The average Bonchev–Trinajstić information content (AvgIpc) is 3.31. The van der Waals surface area contributed by atoms with Gasteiger partial charge in [-0.2, -0.15) is 13.2 Å². The number of rotatable bonds is 6. The van der Waals surface area contributed by atoms with Gasteiger partial charge in [-0.05, 0) is 62.8 Å². The number of halogens is 3. The predicted molar refractivity (Wildman–Crippen MR) is 132 cm³/mol. The number of piperidine rings is 1. The lowest BCUT2D eigenvalue weighted by Gasteiger charge is -2.37. The fourth-order valence-corrected chi connectivity index (χ4v) is 5.42. The lowest BCUT2D eigenvalue weighted by Crippen LogP contribution is -2.53. The summed E-state index contributed by atoms with van der Waals surface area (Å²) in [4.78, 5) is 30.6. The van der Waals surface area contributed by atoms with Crippen LogP contribution in [0.5, 0.6) is 0 Å². The molecule has 2 N–H and O–H groups in total. The Balaban J connectivity index is 1.39. The topological polar surface area (TPSA) is 67.9 Å². The summed E-state index contributed by atoms with van der Waals surface area (Å²) in [7, 11) is 1.88. The van der Waals surface area contributed by atoms with Gasteiger partial charge in [0.15, 0.2) is 0 Å². The number of carbonyl (C=O) groups is 2. The third-order valence-corrected chi connectivity index (χ3v) is 7.50. The number of carbonyl (C=O) groups excluding carboxylic acids is 2. The Morgan fingerprint density at radius 2 is 1.71 bits per heavy atom. The molecule has 2 aliphatic rings. The standard InChI is InChI=1S/C24H30F3N5O2S/c1-30-12-8-19(9-13-30)32(23(34)24(25,26)27)16-21(33)29-22-7-6-20(35-22)17-2-4-18(5-3-17)31-14-10-28-11-15-31/h2-7,19,28H,8-16H2,1H3,(H,29,33). The molecule has 0 atom stereocenters. The summed E-state index contributed by atoms with van der Waals surface area (Å²) in [5, 5.41) is 6.53. The first-order valence-corrected chi connectivity index (χ1v) is 12.5. The normalized spacial score (nSPS) is 17.9. The lowest BCUT2D eigenvalue weighted by atomic mass is 10.0. The lowest BCUT2D eigenvalue weighted by molar-refractivity contribution is -0.188. The Kier molecular flexibility index (Phi) is 7.98. The van der Waals surface area contributed by atoms with E-state index in [2.05, 4.69) is 27.7 Å². The Labute approximate surface area is 206 Å². The quantitative estimate of drug-likeness (QED) is 0.626. The van der Waals surface area contributed by atoms with Gasteiger partial charge in [0.2, 0.25) is 5.91 Å². The van der Waals surface area contributed by atoms with Gasteiger partial charge < -0.3 is 25.3 Å². The Morgan fingerprint density at radius 1 is 1.06 bits per heavy atom. The summed E-state index contributed by atoms with van der Waals surface area (Å²) in [5.41, 5.74) is 2.15. The Bertz CT molecular complexity index is 1010. The van der Waals surface area contributed by atoms with E-state index < -0.39 is 30.6 Å². The third-order valence-electron chi connectivity index (χ3n) is 6.45. The molecule has 2 saturated heterocycles. The van der Waals surface area contributed by atoms with Crippen LogP contribution >= 0.6 is 11.3 Å². The molecule has 1 aromatic heterocycles. The molecule has 2 amide bonds. The van der Waals surface area contributed by atoms with Gasteiger partial charge in [0, 0.05) is 42.8 Å². The number of nitrogens with zero attached hydrogens (tertiary/aromatic N) is 3. The van der Waals surface area contributed by atoms with Crippen LogP contribution in [0.15, 0.2) is 36.4 Å². The molecule has 0 bridgehead atoms. The van der Waals surface area contributed by atoms with Crippen molar-refractivity contribution in [2.24, 2.45) is 0 Å². The van der Waals surface area contributed by atoms with Crippen LogP contribution in [-0.4, -0.2) is 86.7 Å². The van der Waals surface area contributed by atoms with Gasteiger partial charge in [0.25, 0.3) is 0 Å². The van der Waals surface area contributed by atoms with Crippen molar-refractivity contribution in [1.29, 1.82) is 0 Å². The third kappa shape index (κ3) is 6.53. The van der Waals surface area contributed by atoms with Crippen LogP contribution in [0.25, 0.3) is 10.4 Å². The molecule has 1 aromatic carbocycles. The number of hydrogen-bond donors (Lipinski definition) is 2. The molecule has 35 heavy (non-hydrogen) atoms. The first-order chi connectivity index (χ1) is 16.7. The second-order valence-electron chi connectivity index (χ2n) is 8.96. The maximum Gasteiger partial charge on any atom is 0.471 e. The van der Waals surface area contributed by atoms with E-state index in [1.54, 1.807) is 6.07 Å². The maximum absolute atomic E-state index is 13.2. The van der Waals surface area contributed by atoms with Crippen molar-refractivity contribution in [3.63, 3.8) is 0 Å². The molecule has 7 nitrogen and oxygen atoms in total. The highest BCUT2D eigenvalue weighted by Crippen LogP contribution is 2.33. The van der Waals surface area contributed by atoms with Gasteiger partial charge in [-0.15, -0.1) is 11.3 Å². The largest absolute Gasteiger partial charge is 0.471 e. The van der Waals surface area contributed by atoms with Crippen molar-refractivity contribution in [1.82, 2.24) is 15.1 Å². The van der Waals surface area contributed by atoms with Gasteiger partial charge in [-0.1, -0.05) is 12.1 Å². The zero-order valence-corrected chi connectivity index (χ0v) is 20.4. The number of alkyl halides is 3. The molecular weight excluding hydrogens is 479 g/mol. The number of thiophene rings is 1. The van der Waals surface area contributed by atoms with Gasteiger partial charge in [0.1, 0.15) is 6.54 Å². The van der Waals surface area contributed by atoms with Crippen molar-refractivity contribution in [2.75, 3.05) is 63.1 Å². The highest BCUT2D eigenvalue weighted by atomic mass is 32.1. The second-order valence-corrected chi connectivity index (χ2v) is 10.0. The summed E-state index contributed by atoms with van der Waals surface area (Å²) in [6.07, 6.45) is -4.21.